The van der Waals surface area contributed by atoms with Crippen molar-refractivity contribution in [2.75, 3.05) is 19.5 Å². The van der Waals surface area contributed by atoms with Crippen LogP contribution in [0.3, 0.4) is 0 Å². The van der Waals surface area contributed by atoms with Gasteiger partial charge in [0.2, 0.25) is 5.60 Å². The molecule has 3 rings (SSSR count). The zero-order chi connectivity index (χ0) is 22.6. The Bertz CT molecular complexity index is 1050. The number of aliphatic carboxylic acids is 1. The van der Waals surface area contributed by atoms with Gasteiger partial charge in [-0.25, -0.2) is 0 Å². The molecule has 2 aromatic carbocycles. The fourth-order valence-corrected chi connectivity index (χ4v) is 3.22. The number of hydrogen-bond acceptors (Lipinski definition) is 7. The van der Waals surface area contributed by atoms with Crippen molar-refractivity contribution in [3.8, 4) is 11.5 Å². The van der Waals surface area contributed by atoms with Crippen molar-refractivity contribution in [3.63, 3.8) is 0 Å². The van der Waals surface area contributed by atoms with Crippen LogP contribution in [-0.4, -0.2) is 48.3 Å². The molecule has 1 aliphatic heterocycles. The minimum Gasteiger partial charge on any atom is -0.493 e. The van der Waals surface area contributed by atoms with Gasteiger partial charge in [0.1, 0.15) is 0 Å². The SMILES string of the molecule is COc1ccc(C2=NOC(CC(=O)O)(C(=O)Nc3ccc(C(C)=O)cc3)C2)cc1OC. The number of anilines is 1. The molecule has 0 aliphatic carbocycles. The summed E-state index contributed by atoms with van der Waals surface area (Å²) in [5.74, 6) is -0.967. The third kappa shape index (κ3) is 4.66. The van der Waals surface area contributed by atoms with Crippen LogP contribution in [0.4, 0.5) is 5.69 Å². The maximum atomic E-state index is 13.0. The molecule has 0 saturated heterocycles. The maximum absolute atomic E-state index is 13.0. The molecule has 9 heteroatoms. The van der Waals surface area contributed by atoms with Gasteiger partial charge in [0.15, 0.2) is 17.3 Å². The molecule has 0 bridgehead atoms. The van der Waals surface area contributed by atoms with Crippen LogP contribution in [0, 0.1) is 0 Å². The Labute approximate surface area is 178 Å². The number of carboxylic acids is 1. The number of methoxy groups -OCH3 is 2. The monoisotopic (exact) mass is 426 g/mol. The molecule has 31 heavy (non-hydrogen) atoms. The summed E-state index contributed by atoms with van der Waals surface area (Å²) >= 11 is 0. The largest absolute Gasteiger partial charge is 0.493 e. The van der Waals surface area contributed by atoms with Crippen molar-refractivity contribution < 1.29 is 33.8 Å². The zero-order valence-corrected chi connectivity index (χ0v) is 17.3. The van der Waals surface area contributed by atoms with E-state index in [4.69, 9.17) is 14.3 Å². The lowest BCUT2D eigenvalue weighted by atomic mass is 9.90. The number of carbonyl (C=O) groups excluding carboxylic acids is 2. The van der Waals surface area contributed by atoms with Crippen LogP contribution in [0.5, 0.6) is 11.5 Å². The first-order valence-electron chi connectivity index (χ1n) is 9.39. The number of oxime groups is 1. The standard InChI is InChI=1S/C22H22N2O7/c1-13(25)14-4-7-16(8-5-14)23-21(28)22(12-20(26)27)11-17(24-31-22)15-6-9-18(29-2)19(10-15)30-3/h4-10H,11-12H2,1-3H3,(H,23,28)(H,26,27). The van der Waals surface area contributed by atoms with Gasteiger partial charge in [0.25, 0.3) is 5.91 Å². The third-order valence-corrected chi connectivity index (χ3v) is 4.90. The quantitative estimate of drug-likeness (QED) is 0.622. The van der Waals surface area contributed by atoms with Crippen molar-refractivity contribution in [3.05, 3.63) is 53.6 Å². The molecule has 0 fully saturated rings. The predicted molar refractivity (Wildman–Crippen MR) is 112 cm³/mol. The molecule has 1 heterocycles. The van der Waals surface area contributed by atoms with Crippen molar-refractivity contribution in [1.82, 2.24) is 0 Å². The maximum Gasteiger partial charge on any atom is 0.308 e. The van der Waals surface area contributed by atoms with Gasteiger partial charge in [-0.15, -0.1) is 0 Å². The number of benzene rings is 2. The third-order valence-electron chi connectivity index (χ3n) is 4.90. The van der Waals surface area contributed by atoms with Gasteiger partial charge in [0, 0.05) is 23.2 Å². The molecule has 1 aliphatic rings. The van der Waals surface area contributed by atoms with Gasteiger partial charge >= 0.3 is 5.97 Å². The summed E-state index contributed by atoms with van der Waals surface area (Å²) in [6.07, 6.45) is -0.628. The summed E-state index contributed by atoms with van der Waals surface area (Å²) < 4.78 is 10.5. The van der Waals surface area contributed by atoms with E-state index in [1.165, 1.54) is 21.1 Å². The van der Waals surface area contributed by atoms with E-state index in [-0.39, 0.29) is 12.2 Å². The number of carbonyl (C=O) groups is 3. The lowest BCUT2D eigenvalue weighted by Gasteiger charge is -2.23. The summed E-state index contributed by atoms with van der Waals surface area (Å²) in [5, 5.41) is 16.0. The summed E-state index contributed by atoms with van der Waals surface area (Å²) in [5.41, 5.74) is 0.207. The highest BCUT2D eigenvalue weighted by Crippen LogP contribution is 2.34. The van der Waals surface area contributed by atoms with E-state index in [0.29, 0.717) is 34.0 Å². The minimum atomic E-state index is -1.71. The second kappa shape index (κ2) is 8.86. The molecule has 0 spiro atoms. The minimum absolute atomic E-state index is 0.0495. The first kappa shape index (κ1) is 21.8. The summed E-state index contributed by atoms with van der Waals surface area (Å²) in [4.78, 5) is 41.3. The molecule has 9 nitrogen and oxygen atoms in total. The second-order valence-corrected chi connectivity index (χ2v) is 7.03. The highest BCUT2D eigenvalue weighted by molar-refractivity contribution is 6.09. The highest BCUT2D eigenvalue weighted by atomic mass is 16.7. The van der Waals surface area contributed by atoms with Crippen LogP contribution in [0.1, 0.15) is 35.7 Å². The second-order valence-electron chi connectivity index (χ2n) is 7.03. The zero-order valence-electron chi connectivity index (χ0n) is 17.3. The Morgan fingerprint density at radius 1 is 1.10 bits per heavy atom. The van der Waals surface area contributed by atoms with Crippen LogP contribution >= 0.6 is 0 Å². The number of amides is 1. The predicted octanol–water partition coefficient (Wildman–Crippen LogP) is 2.88. The van der Waals surface area contributed by atoms with Crippen LogP contribution in [0.2, 0.25) is 0 Å². The first-order valence-corrected chi connectivity index (χ1v) is 9.39. The Morgan fingerprint density at radius 3 is 2.35 bits per heavy atom. The van der Waals surface area contributed by atoms with Crippen molar-refractivity contribution in [1.29, 1.82) is 0 Å². The van der Waals surface area contributed by atoms with Crippen molar-refractivity contribution in [2.24, 2.45) is 5.16 Å². The van der Waals surface area contributed by atoms with Crippen LogP contribution in [0.15, 0.2) is 47.6 Å². The van der Waals surface area contributed by atoms with E-state index < -0.39 is 23.9 Å². The Hall–Kier alpha value is -3.88. The lowest BCUT2D eigenvalue weighted by Crippen LogP contribution is -2.45. The molecule has 162 valence electrons. The Balaban J connectivity index is 1.83. The van der Waals surface area contributed by atoms with E-state index in [2.05, 4.69) is 10.5 Å². The lowest BCUT2D eigenvalue weighted by molar-refractivity contribution is -0.152. The van der Waals surface area contributed by atoms with E-state index in [1.807, 2.05) is 0 Å². The number of rotatable bonds is 8. The number of Topliss-reactive ketones (excluding diaryl/α,β-unsaturated/α-hetero) is 1. The normalized spacial score (nSPS) is 17.3. The Kier molecular flexibility index (Phi) is 6.24. The van der Waals surface area contributed by atoms with Gasteiger partial charge in [-0.05, 0) is 49.4 Å². The molecule has 1 atom stereocenters. The number of carboxylic acid groups (broad SMARTS) is 1. The number of nitrogens with one attached hydrogen (secondary N) is 1. The van der Waals surface area contributed by atoms with Crippen LogP contribution in [0.25, 0.3) is 0 Å². The first-order chi connectivity index (χ1) is 14.8. The molecule has 1 unspecified atom stereocenters. The number of nitrogens with zero attached hydrogens (tertiary/aromatic N) is 1. The van der Waals surface area contributed by atoms with Crippen molar-refractivity contribution in [2.45, 2.75) is 25.4 Å². The van der Waals surface area contributed by atoms with Gasteiger partial charge in [-0.1, -0.05) is 5.16 Å². The van der Waals surface area contributed by atoms with E-state index in [9.17, 15) is 19.5 Å². The summed E-state index contributed by atoms with van der Waals surface area (Å²) in [7, 11) is 3.01. The summed E-state index contributed by atoms with van der Waals surface area (Å²) in [6, 6.07) is 11.4. The Morgan fingerprint density at radius 2 is 1.77 bits per heavy atom. The molecule has 0 radical (unpaired) electrons. The molecule has 2 N–H and O–H groups in total. The average Bonchev–Trinajstić information content (AvgIpc) is 3.18. The van der Waals surface area contributed by atoms with Gasteiger partial charge in [0.05, 0.1) is 26.4 Å². The topological polar surface area (TPSA) is 124 Å². The molecule has 0 aromatic heterocycles. The smallest absolute Gasteiger partial charge is 0.308 e. The van der Waals surface area contributed by atoms with E-state index >= 15 is 0 Å². The van der Waals surface area contributed by atoms with Gasteiger partial charge in [-0.2, -0.15) is 0 Å². The van der Waals surface area contributed by atoms with Crippen LogP contribution < -0.4 is 14.8 Å². The van der Waals surface area contributed by atoms with Crippen molar-refractivity contribution >= 4 is 29.1 Å². The molecule has 1 amide bonds. The number of ketones is 1. The van der Waals surface area contributed by atoms with Crippen LogP contribution in [-0.2, 0) is 14.4 Å². The molecule has 0 saturated carbocycles. The number of hydrogen-bond donors (Lipinski definition) is 2. The van der Waals surface area contributed by atoms with E-state index in [1.54, 1.807) is 42.5 Å². The fourth-order valence-electron chi connectivity index (χ4n) is 3.22. The molecule has 2 aromatic rings. The average molecular weight is 426 g/mol. The van der Waals surface area contributed by atoms with Gasteiger partial charge < -0.3 is 24.7 Å². The fraction of sp³-hybridized carbons (Fsp3) is 0.273. The molecular weight excluding hydrogens is 404 g/mol. The molecular formula is C22H22N2O7. The highest BCUT2D eigenvalue weighted by Gasteiger charge is 2.49. The summed E-state index contributed by atoms with van der Waals surface area (Å²) in [6.45, 7) is 1.44. The van der Waals surface area contributed by atoms with Gasteiger partial charge in [-0.3, -0.25) is 14.4 Å². The number of ether oxygens (including phenoxy) is 2. The van der Waals surface area contributed by atoms with E-state index in [0.717, 1.165) is 0 Å².